The van der Waals surface area contributed by atoms with Crippen molar-refractivity contribution in [1.29, 1.82) is 0 Å². The van der Waals surface area contributed by atoms with Crippen LogP contribution in [0.5, 0.6) is 0 Å². The van der Waals surface area contributed by atoms with Crippen LogP contribution in [-0.4, -0.2) is 29.8 Å². The van der Waals surface area contributed by atoms with E-state index in [1.807, 2.05) is 11.9 Å². The average Bonchev–Trinajstić information content (AvgIpc) is 2.60. The van der Waals surface area contributed by atoms with Crippen molar-refractivity contribution >= 4 is 17.5 Å². The highest BCUT2D eigenvalue weighted by Crippen LogP contribution is 2.25. The van der Waals surface area contributed by atoms with Crippen LogP contribution in [0, 0.1) is 0 Å². The van der Waals surface area contributed by atoms with Gasteiger partial charge in [-0.15, -0.1) is 0 Å². The lowest BCUT2D eigenvalue weighted by atomic mass is 9.87. The molecule has 3 rings (SSSR count). The van der Waals surface area contributed by atoms with Gasteiger partial charge in [-0.1, -0.05) is 24.3 Å². The van der Waals surface area contributed by atoms with Gasteiger partial charge in [0.25, 0.3) is 5.91 Å². The van der Waals surface area contributed by atoms with Crippen LogP contribution in [0.15, 0.2) is 48.5 Å². The first kappa shape index (κ1) is 16.2. The fourth-order valence-corrected chi connectivity index (χ4v) is 3.28. The Bertz CT molecular complexity index is 752. The summed E-state index contributed by atoms with van der Waals surface area (Å²) in [6, 6.07) is 15.7. The summed E-state index contributed by atoms with van der Waals surface area (Å²) in [5.41, 5.74) is 4.09. The van der Waals surface area contributed by atoms with E-state index in [0.717, 1.165) is 19.3 Å². The van der Waals surface area contributed by atoms with E-state index < -0.39 is 0 Å². The third-order valence-corrected chi connectivity index (χ3v) is 4.64. The Morgan fingerprint density at radius 2 is 1.71 bits per heavy atom. The molecule has 0 saturated heterocycles. The molecule has 0 heterocycles. The van der Waals surface area contributed by atoms with Crippen LogP contribution in [0.3, 0.4) is 0 Å². The molecule has 24 heavy (non-hydrogen) atoms. The molecular formula is C20H22N2O2. The molecule has 0 radical (unpaired) electrons. The lowest BCUT2D eigenvalue weighted by Gasteiger charge is -2.32. The molecule has 4 heteroatoms. The van der Waals surface area contributed by atoms with Gasteiger partial charge < -0.3 is 10.2 Å². The zero-order valence-corrected chi connectivity index (χ0v) is 14.1. The number of carbonyl (C=O) groups is 2. The van der Waals surface area contributed by atoms with Gasteiger partial charge in [0.15, 0.2) is 0 Å². The van der Waals surface area contributed by atoms with Crippen molar-refractivity contribution in [2.75, 3.05) is 12.4 Å². The van der Waals surface area contributed by atoms with Crippen molar-refractivity contribution in [3.05, 3.63) is 65.2 Å². The predicted octanol–water partition coefficient (Wildman–Crippen LogP) is 3.27. The maximum Gasteiger partial charge on any atom is 0.253 e. The van der Waals surface area contributed by atoms with Gasteiger partial charge >= 0.3 is 0 Å². The fourth-order valence-electron chi connectivity index (χ4n) is 3.28. The second-order valence-corrected chi connectivity index (χ2v) is 6.34. The molecule has 1 atom stereocenters. The second-order valence-electron chi connectivity index (χ2n) is 6.34. The number of aryl methyl sites for hydroxylation is 1. The first-order valence-electron chi connectivity index (χ1n) is 8.26. The minimum Gasteiger partial charge on any atom is -0.338 e. The summed E-state index contributed by atoms with van der Waals surface area (Å²) >= 11 is 0. The van der Waals surface area contributed by atoms with Gasteiger partial charge in [0.1, 0.15) is 0 Å². The third kappa shape index (κ3) is 3.48. The average molecular weight is 322 g/mol. The van der Waals surface area contributed by atoms with Crippen LogP contribution >= 0.6 is 0 Å². The zero-order chi connectivity index (χ0) is 17.1. The van der Waals surface area contributed by atoms with E-state index in [-0.39, 0.29) is 17.9 Å². The molecule has 2 aromatic rings. The highest BCUT2D eigenvalue weighted by molar-refractivity contribution is 5.95. The Hall–Kier alpha value is -2.62. The Morgan fingerprint density at radius 1 is 1.04 bits per heavy atom. The third-order valence-electron chi connectivity index (χ3n) is 4.64. The quantitative estimate of drug-likeness (QED) is 0.943. The molecule has 1 N–H and O–H groups in total. The van der Waals surface area contributed by atoms with E-state index in [1.165, 1.54) is 18.1 Å². The number of hydrogen-bond acceptors (Lipinski definition) is 2. The molecule has 0 unspecified atom stereocenters. The number of likely N-dealkylation sites (N-methyl/N-ethyl adjacent to an activating group) is 1. The second kappa shape index (κ2) is 6.87. The number of amides is 2. The SMILES string of the molecule is CC(=O)Nc1ccc(C(=O)N(C)[C@H]2CCc3ccccc3C2)cc1. The molecule has 0 bridgehead atoms. The molecule has 0 saturated carbocycles. The number of rotatable bonds is 3. The number of anilines is 1. The number of nitrogens with one attached hydrogen (secondary N) is 1. The molecule has 0 aromatic heterocycles. The smallest absolute Gasteiger partial charge is 0.253 e. The summed E-state index contributed by atoms with van der Waals surface area (Å²) in [5.74, 6) is -0.0965. The summed E-state index contributed by atoms with van der Waals surface area (Å²) in [6.45, 7) is 1.47. The molecule has 2 amide bonds. The Kier molecular flexibility index (Phi) is 4.65. The van der Waals surface area contributed by atoms with Crippen molar-refractivity contribution in [1.82, 2.24) is 4.90 Å². The largest absolute Gasteiger partial charge is 0.338 e. The molecule has 4 nitrogen and oxygen atoms in total. The molecular weight excluding hydrogens is 300 g/mol. The van der Waals surface area contributed by atoms with Crippen molar-refractivity contribution in [3.8, 4) is 0 Å². The van der Waals surface area contributed by atoms with E-state index in [0.29, 0.717) is 11.3 Å². The highest BCUT2D eigenvalue weighted by Gasteiger charge is 2.25. The first-order valence-corrected chi connectivity index (χ1v) is 8.26. The van der Waals surface area contributed by atoms with E-state index in [9.17, 15) is 9.59 Å². The minimum atomic E-state index is -0.118. The summed E-state index contributed by atoms with van der Waals surface area (Å²) in [7, 11) is 1.88. The van der Waals surface area contributed by atoms with Gasteiger partial charge in [0.2, 0.25) is 5.91 Å². The number of nitrogens with zero attached hydrogens (tertiary/aromatic N) is 1. The maximum absolute atomic E-state index is 12.7. The summed E-state index contributed by atoms with van der Waals surface area (Å²) in [4.78, 5) is 25.6. The van der Waals surface area contributed by atoms with Crippen molar-refractivity contribution in [3.63, 3.8) is 0 Å². The fraction of sp³-hybridized carbons (Fsp3) is 0.300. The molecule has 2 aromatic carbocycles. The number of benzene rings is 2. The predicted molar refractivity (Wildman–Crippen MR) is 95.1 cm³/mol. The van der Waals surface area contributed by atoms with Gasteiger partial charge in [-0.3, -0.25) is 9.59 Å². The monoisotopic (exact) mass is 322 g/mol. The molecule has 1 aliphatic carbocycles. The van der Waals surface area contributed by atoms with Gasteiger partial charge in [0, 0.05) is 31.3 Å². The molecule has 124 valence electrons. The lowest BCUT2D eigenvalue weighted by Crippen LogP contribution is -2.40. The Labute approximate surface area is 142 Å². The van der Waals surface area contributed by atoms with Gasteiger partial charge in [-0.2, -0.15) is 0 Å². The van der Waals surface area contributed by atoms with E-state index in [4.69, 9.17) is 0 Å². The molecule has 0 fully saturated rings. The summed E-state index contributed by atoms with van der Waals surface area (Å²) in [6.07, 6.45) is 2.91. The van der Waals surface area contributed by atoms with E-state index in [2.05, 4.69) is 29.6 Å². The summed E-state index contributed by atoms with van der Waals surface area (Å²) in [5, 5.41) is 2.71. The standard InChI is InChI=1S/C20H22N2O2/c1-14(23)21-18-10-7-16(8-11-18)20(24)22(2)19-12-9-15-5-3-4-6-17(15)13-19/h3-8,10-11,19H,9,12-13H2,1-2H3,(H,21,23)/t19-/m0/s1. The van der Waals surface area contributed by atoms with Crippen LogP contribution in [0.2, 0.25) is 0 Å². The molecule has 0 spiro atoms. The van der Waals surface area contributed by atoms with E-state index in [1.54, 1.807) is 24.3 Å². The van der Waals surface area contributed by atoms with Gasteiger partial charge in [-0.25, -0.2) is 0 Å². The number of fused-ring (bicyclic) bond motifs is 1. The Balaban J connectivity index is 1.70. The van der Waals surface area contributed by atoms with Crippen molar-refractivity contribution in [2.45, 2.75) is 32.2 Å². The highest BCUT2D eigenvalue weighted by atomic mass is 16.2. The first-order chi connectivity index (χ1) is 11.5. The maximum atomic E-state index is 12.7. The minimum absolute atomic E-state index is 0.0220. The number of hydrogen-bond donors (Lipinski definition) is 1. The lowest BCUT2D eigenvalue weighted by molar-refractivity contribution is -0.114. The normalized spacial score (nSPS) is 16.2. The molecule has 0 aliphatic heterocycles. The topological polar surface area (TPSA) is 49.4 Å². The Morgan fingerprint density at radius 3 is 2.38 bits per heavy atom. The van der Waals surface area contributed by atoms with Crippen LogP contribution in [0.1, 0.15) is 34.8 Å². The van der Waals surface area contributed by atoms with Crippen molar-refractivity contribution < 1.29 is 9.59 Å². The van der Waals surface area contributed by atoms with Crippen molar-refractivity contribution in [2.24, 2.45) is 0 Å². The van der Waals surface area contributed by atoms with Crippen LogP contribution < -0.4 is 5.32 Å². The van der Waals surface area contributed by atoms with Gasteiger partial charge in [0.05, 0.1) is 0 Å². The number of carbonyl (C=O) groups excluding carboxylic acids is 2. The zero-order valence-electron chi connectivity index (χ0n) is 14.1. The van der Waals surface area contributed by atoms with Crippen LogP contribution in [0.4, 0.5) is 5.69 Å². The van der Waals surface area contributed by atoms with Gasteiger partial charge in [-0.05, 0) is 54.7 Å². The van der Waals surface area contributed by atoms with E-state index >= 15 is 0 Å². The van der Waals surface area contributed by atoms with Crippen LogP contribution in [-0.2, 0) is 17.6 Å². The summed E-state index contributed by atoms with van der Waals surface area (Å²) < 4.78 is 0. The van der Waals surface area contributed by atoms with Crippen LogP contribution in [0.25, 0.3) is 0 Å². The molecule has 1 aliphatic rings.